The van der Waals surface area contributed by atoms with Crippen LogP contribution in [0.2, 0.25) is 0 Å². The van der Waals surface area contributed by atoms with Crippen molar-refractivity contribution in [2.45, 2.75) is 26.2 Å². The highest BCUT2D eigenvalue weighted by molar-refractivity contribution is 5.61. The Morgan fingerprint density at radius 3 is 2.76 bits per heavy atom. The quantitative estimate of drug-likeness (QED) is 0.808. The second kappa shape index (κ2) is 4.92. The maximum atomic E-state index is 5.68. The van der Waals surface area contributed by atoms with E-state index < -0.39 is 0 Å². The first-order valence-electron chi connectivity index (χ1n) is 6.04. The Balaban J connectivity index is 2.30. The van der Waals surface area contributed by atoms with Crippen molar-refractivity contribution in [3.05, 3.63) is 17.7 Å². The SMILES string of the molecule is COc1oc(C2=CCCN(C)C2)nc1C(C)C. The van der Waals surface area contributed by atoms with E-state index >= 15 is 0 Å². The lowest BCUT2D eigenvalue weighted by molar-refractivity contribution is 0.294. The Morgan fingerprint density at radius 2 is 2.24 bits per heavy atom. The van der Waals surface area contributed by atoms with E-state index in [1.54, 1.807) is 7.11 Å². The first-order valence-corrected chi connectivity index (χ1v) is 6.04. The van der Waals surface area contributed by atoms with Gasteiger partial charge in [-0.25, -0.2) is 4.98 Å². The number of ether oxygens (including phenoxy) is 1. The molecule has 1 aliphatic rings. The van der Waals surface area contributed by atoms with Gasteiger partial charge in [-0.3, -0.25) is 0 Å². The number of rotatable bonds is 3. The lowest BCUT2D eigenvalue weighted by Crippen LogP contribution is -2.25. The molecule has 2 heterocycles. The molecule has 0 aromatic carbocycles. The summed E-state index contributed by atoms with van der Waals surface area (Å²) in [5.41, 5.74) is 2.06. The number of nitrogens with zero attached hydrogens (tertiary/aromatic N) is 2. The van der Waals surface area contributed by atoms with Gasteiger partial charge in [-0.05, 0) is 13.5 Å². The Kier molecular flexibility index (Phi) is 3.52. The molecule has 0 bridgehead atoms. The van der Waals surface area contributed by atoms with Crippen LogP contribution in [0.25, 0.3) is 5.57 Å². The van der Waals surface area contributed by atoms with Crippen LogP contribution in [0.4, 0.5) is 0 Å². The third-order valence-electron chi connectivity index (χ3n) is 2.97. The largest absolute Gasteiger partial charge is 0.467 e. The van der Waals surface area contributed by atoms with Gasteiger partial charge in [0.25, 0.3) is 0 Å². The minimum absolute atomic E-state index is 0.310. The molecule has 0 radical (unpaired) electrons. The van der Waals surface area contributed by atoms with Gasteiger partial charge in [-0.2, -0.15) is 0 Å². The second-order valence-corrected chi connectivity index (χ2v) is 4.81. The smallest absolute Gasteiger partial charge is 0.308 e. The Bertz CT molecular complexity index is 421. The van der Waals surface area contributed by atoms with Gasteiger partial charge in [-0.1, -0.05) is 19.9 Å². The van der Waals surface area contributed by atoms with Crippen LogP contribution in [0, 0.1) is 0 Å². The average molecular weight is 236 g/mol. The van der Waals surface area contributed by atoms with Crippen molar-refractivity contribution >= 4 is 5.57 Å². The van der Waals surface area contributed by atoms with Crippen LogP contribution in [-0.2, 0) is 0 Å². The standard InChI is InChI=1S/C13H20N2O2/c1-9(2)11-13(16-4)17-12(14-11)10-6-5-7-15(3)8-10/h6,9H,5,7-8H2,1-4H3. The van der Waals surface area contributed by atoms with Gasteiger partial charge in [0, 0.05) is 24.6 Å². The number of likely N-dealkylation sites (N-methyl/N-ethyl adjacent to an activating group) is 1. The summed E-state index contributed by atoms with van der Waals surface area (Å²) in [6, 6.07) is 0. The van der Waals surface area contributed by atoms with Crippen molar-refractivity contribution in [1.29, 1.82) is 0 Å². The zero-order valence-corrected chi connectivity index (χ0v) is 11.0. The molecule has 0 unspecified atom stereocenters. The zero-order valence-electron chi connectivity index (χ0n) is 11.0. The molecule has 0 atom stereocenters. The molecule has 94 valence electrons. The van der Waals surface area contributed by atoms with Crippen LogP contribution in [-0.4, -0.2) is 37.1 Å². The van der Waals surface area contributed by atoms with Gasteiger partial charge in [0.15, 0.2) is 0 Å². The molecule has 0 spiro atoms. The minimum atomic E-state index is 0.310. The van der Waals surface area contributed by atoms with Crippen molar-refractivity contribution in [3.63, 3.8) is 0 Å². The molecule has 0 fully saturated rings. The Morgan fingerprint density at radius 1 is 1.47 bits per heavy atom. The van der Waals surface area contributed by atoms with Crippen LogP contribution in [0.1, 0.15) is 37.8 Å². The molecular weight excluding hydrogens is 216 g/mol. The van der Waals surface area contributed by atoms with Gasteiger partial charge >= 0.3 is 5.95 Å². The molecule has 1 aliphatic heterocycles. The summed E-state index contributed by atoms with van der Waals surface area (Å²) < 4.78 is 10.9. The Labute approximate surface area is 102 Å². The van der Waals surface area contributed by atoms with Gasteiger partial charge in [0.05, 0.1) is 7.11 Å². The van der Waals surface area contributed by atoms with E-state index in [1.807, 2.05) is 0 Å². The first-order chi connectivity index (χ1) is 8.11. The van der Waals surface area contributed by atoms with Crippen molar-refractivity contribution in [1.82, 2.24) is 9.88 Å². The van der Waals surface area contributed by atoms with Crippen LogP contribution >= 0.6 is 0 Å². The molecule has 0 N–H and O–H groups in total. The number of methoxy groups -OCH3 is 1. The molecular formula is C13H20N2O2. The summed E-state index contributed by atoms with van der Waals surface area (Å²) >= 11 is 0. The maximum Gasteiger partial charge on any atom is 0.308 e. The third kappa shape index (κ3) is 2.52. The molecule has 1 aromatic heterocycles. The van der Waals surface area contributed by atoms with Gasteiger partial charge < -0.3 is 14.1 Å². The van der Waals surface area contributed by atoms with Crippen molar-refractivity contribution in [3.8, 4) is 5.95 Å². The van der Waals surface area contributed by atoms with Gasteiger partial charge in [0.1, 0.15) is 5.69 Å². The molecule has 0 amide bonds. The summed E-state index contributed by atoms with van der Waals surface area (Å²) in [5.74, 6) is 1.56. The minimum Gasteiger partial charge on any atom is -0.467 e. The summed E-state index contributed by atoms with van der Waals surface area (Å²) in [6.45, 7) is 6.16. The maximum absolute atomic E-state index is 5.68. The van der Waals surface area contributed by atoms with E-state index in [0.29, 0.717) is 17.8 Å². The van der Waals surface area contributed by atoms with Crippen LogP contribution in [0.15, 0.2) is 10.5 Å². The summed E-state index contributed by atoms with van der Waals surface area (Å²) in [7, 11) is 3.73. The highest BCUT2D eigenvalue weighted by Crippen LogP contribution is 2.30. The second-order valence-electron chi connectivity index (χ2n) is 4.81. The monoisotopic (exact) mass is 236 g/mol. The fourth-order valence-electron chi connectivity index (χ4n) is 2.01. The first kappa shape index (κ1) is 12.2. The van der Waals surface area contributed by atoms with Crippen LogP contribution in [0.5, 0.6) is 5.95 Å². The normalized spacial score (nSPS) is 17.4. The fourth-order valence-corrected chi connectivity index (χ4v) is 2.01. The van der Waals surface area contributed by atoms with Crippen molar-refractivity contribution < 1.29 is 9.15 Å². The highest BCUT2D eigenvalue weighted by atomic mass is 16.6. The van der Waals surface area contributed by atoms with Crippen molar-refractivity contribution in [2.75, 3.05) is 27.2 Å². The van der Waals surface area contributed by atoms with E-state index in [9.17, 15) is 0 Å². The van der Waals surface area contributed by atoms with Gasteiger partial charge in [0.2, 0.25) is 5.89 Å². The summed E-state index contributed by atoms with van der Waals surface area (Å²) in [5, 5.41) is 0. The number of oxazole rings is 1. The summed E-state index contributed by atoms with van der Waals surface area (Å²) in [4.78, 5) is 6.82. The highest BCUT2D eigenvalue weighted by Gasteiger charge is 2.21. The lowest BCUT2D eigenvalue weighted by atomic mass is 10.1. The predicted octanol–water partition coefficient (Wildman–Crippen LogP) is 2.53. The molecule has 4 heteroatoms. The number of aromatic nitrogens is 1. The van der Waals surface area contributed by atoms with E-state index in [1.165, 1.54) is 0 Å². The van der Waals surface area contributed by atoms with Crippen LogP contribution in [0.3, 0.4) is 0 Å². The fraction of sp³-hybridized carbons (Fsp3) is 0.615. The molecule has 1 aromatic rings. The van der Waals surface area contributed by atoms with Gasteiger partial charge in [-0.15, -0.1) is 0 Å². The molecule has 2 rings (SSSR count). The van der Waals surface area contributed by atoms with E-state index in [4.69, 9.17) is 9.15 Å². The predicted molar refractivity (Wildman–Crippen MR) is 67.2 cm³/mol. The van der Waals surface area contributed by atoms with E-state index in [-0.39, 0.29) is 0 Å². The number of hydrogen-bond donors (Lipinski definition) is 0. The number of hydrogen-bond acceptors (Lipinski definition) is 4. The van der Waals surface area contributed by atoms with E-state index in [2.05, 4.69) is 36.9 Å². The van der Waals surface area contributed by atoms with Crippen molar-refractivity contribution in [2.24, 2.45) is 0 Å². The zero-order chi connectivity index (χ0) is 12.4. The molecule has 17 heavy (non-hydrogen) atoms. The average Bonchev–Trinajstić information content (AvgIpc) is 2.73. The van der Waals surface area contributed by atoms with Crippen LogP contribution < -0.4 is 4.74 Å². The topological polar surface area (TPSA) is 38.5 Å². The van der Waals surface area contributed by atoms with E-state index in [0.717, 1.165) is 30.8 Å². The molecule has 4 nitrogen and oxygen atoms in total. The molecule has 0 saturated heterocycles. The lowest BCUT2D eigenvalue weighted by Gasteiger charge is -2.20. The third-order valence-corrected chi connectivity index (χ3v) is 2.97. The molecule has 0 aliphatic carbocycles. The molecule has 0 saturated carbocycles. The Hall–Kier alpha value is -1.29. The summed E-state index contributed by atoms with van der Waals surface area (Å²) in [6.07, 6.45) is 3.25.